The Labute approximate surface area is 168 Å². The molecule has 3 aromatic rings. The van der Waals surface area contributed by atoms with Crippen LogP contribution in [-0.2, 0) is 0 Å². The van der Waals surface area contributed by atoms with E-state index in [1.165, 1.54) is 0 Å². The van der Waals surface area contributed by atoms with Gasteiger partial charge in [-0.15, -0.1) is 0 Å². The summed E-state index contributed by atoms with van der Waals surface area (Å²) in [5.41, 5.74) is 2.22. The van der Waals surface area contributed by atoms with Gasteiger partial charge in [0.1, 0.15) is 0 Å². The predicted molar refractivity (Wildman–Crippen MR) is 114 cm³/mol. The number of hydrogen-bond donors (Lipinski definition) is 1. The molecule has 28 heavy (non-hydrogen) atoms. The summed E-state index contributed by atoms with van der Waals surface area (Å²) in [5.74, 6) is 0.512. The Kier molecular flexibility index (Phi) is 4.75. The minimum absolute atomic E-state index is 0.0314. The summed E-state index contributed by atoms with van der Waals surface area (Å²) < 4.78 is 2.11. The van der Waals surface area contributed by atoms with Gasteiger partial charge in [0.2, 0.25) is 0 Å². The van der Waals surface area contributed by atoms with E-state index in [-0.39, 0.29) is 17.5 Å². The van der Waals surface area contributed by atoms with Crippen LogP contribution in [0, 0.1) is 11.3 Å². The van der Waals surface area contributed by atoms with E-state index in [4.69, 9.17) is 0 Å². The Bertz CT molecular complexity index is 1040. The van der Waals surface area contributed by atoms with E-state index in [1.807, 2.05) is 57.2 Å². The lowest BCUT2D eigenvalue weighted by molar-refractivity contribution is 0.0842. The van der Waals surface area contributed by atoms with Crippen LogP contribution >= 0.6 is 11.9 Å². The van der Waals surface area contributed by atoms with Crippen molar-refractivity contribution in [3.63, 3.8) is 0 Å². The number of aromatic amines is 1. The SMILES string of the molecule is CC(C)(C)C(=O)c1[nH]c2ccccc2c1C(=O)C1CSN(c2cccnc2)C1. The van der Waals surface area contributed by atoms with Crippen molar-refractivity contribution in [3.8, 4) is 0 Å². The minimum atomic E-state index is -0.567. The number of H-pyrrole nitrogens is 1. The molecule has 0 spiro atoms. The molecule has 4 rings (SSSR count). The van der Waals surface area contributed by atoms with Gasteiger partial charge in [-0.3, -0.25) is 14.6 Å². The summed E-state index contributed by atoms with van der Waals surface area (Å²) in [6.45, 7) is 6.25. The summed E-state index contributed by atoms with van der Waals surface area (Å²) in [7, 11) is 0. The van der Waals surface area contributed by atoms with Gasteiger partial charge in [-0.2, -0.15) is 0 Å². The second-order valence-corrected chi connectivity index (χ2v) is 9.16. The first-order valence-electron chi connectivity index (χ1n) is 9.36. The highest BCUT2D eigenvalue weighted by Crippen LogP contribution is 2.36. The molecule has 1 aliphatic heterocycles. The van der Waals surface area contributed by atoms with Crippen LogP contribution in [0.5, 0.6) is 0 Å². The molecule has 0 saturated carbocycles. The van der Waals surface area contributed by atoms with Crippen molar-refractivity contribution in [2.24, 2.45) is 11.3 Å². The number of para-hydroxylation sites is 1. The summed E-state index contributed by atoms with van der Waals surface area (Å²) in [6, 6.07) is 11.5. The number of benzene rings is 1. The Hall–Kier alpha value is -2.60. The van der Waals surface area contributed by atoms with Gasteiger partial charge in [-0.1, -0.05) is 39.0 Å². The van der Waals surface area contributed by atoms with Crippen LogP contribution in [0.3, 0.4) is 0 Å². The fourth-order valence-electron chi connectivity index (χ4n) is 3.47. The monoisotopic (exact) mass is 393 g/mol. The van der Waals surface area contributed by atoms with Gasteiger partial charge in [0.05, 0.1) is 29.1 Å². The highest BCUT2D eigenvalue weighted by Gasteiger charge is 2.36. The van der Waals surface area contributed by atoms with Crippen LogP contribution in [0.15, 0.2) is 48.8 Å². The number of carbonyl (C=O) groups is 2. The quantitative estimate of drug-likeness (QED) is 0.511. The zero-order valence-corrected chi connectivity index (χ0v) is 17.0. The largest absolute Gasteiger partial charge is 0.351 e. The van der Waals surface area contributed by atoms with Crippen molar-refractivity contribution in [2.45, 2.75) is 20.8 Å². The molecule has 3 heterocycles. The van der Waals surface area contributed by atoms with E-state index in [0.717, 1.165) is 16.6 Å². The van der Waals surface area contributed by atoms with Crippen LogP contribution in [0.4, 0.5) is 5.69 Å². The number of anilines is 1. The lowest BCUT2D eigenvalue weighted by Gasteiger charge is -2.18. The van der Waals surface area contributed by atoms with Gasteiger partial charge in [-0.05, 0) is 30.1 Å². The molecule has 1 N–H and O–H groups in total. The molecular weight excluding hydrogens is 370 g/mol. The van der Waals surface area contributed by atoms with Crippen LogP contribution < -0.4 is 4.31 Å². The van der Waals surface area contributed by atoms with E-state index >= 15 is 0 Å². The summed E-state index contributed by atoms with van der Waals surface area (Å²) in [5, 5.41) is 0.824. The van der Waals surface area contributed by atoms with Crippen LogP contribution in [-0.4, -0.2) is 33.8 Å². The molecule has 0 aliphatic carbocycles. The molecule has 1 aliphatic rings. The first kappa shape index (κ1) is 18.7. The summed E-state index contributed by atoms with van der Waals surface area (Å²) in [6.07, 6.45) is 3.54. The zero-order valence-electron chi connectivity index (χ0n) is 16.2. The molecule has 0 radical (unpaired) electrons. The Balaban J connectivity index is 1.70. The Morgan fingerprint density at radius 3 is 2.68 bits per heavy atom. The van der Waals surface area contributed by atoms with Gasteiger partial charge in [0.25, 0.3) is 0 Å². The fraction of sp³-hybridized carbons (Fsp3) is 0.318. The second kappa shape index (κ2) is 7.09. The number of nitrogens with one attached hydrogen (secondary N) is 1. The number of carbonyl (C=O) groups excluding carboxylic acids is 2. The van der Waals surface area contributed by atoms with Crippen LogP contribution in [0.1, 0.15) is 41.6 Å². The maximum absolute atomic E-state index is 13.5. The van der Waals surface area contributed by atoms with E-state index in [9.17, 15) is 9.59 Å². The third-order valence-corrected chi connectivity index (χ3v) is 6.21. The maximum atomic E-state index is 13.5. The molecule has 0 bridgehead atoms. The van der Waals surface area contributed by atoms with Gasteiger partial charge >= 0.3 is 0 Å². The number of rotatable bonds is 4. The van der Waals surface area contributed by atoms with E-state index < -0.39 is 5.41 Å². The molecule has 144 valence electrons. The third-order valence-electron chi connectivity index (χ3n) is 4.98. The number of hydrogen-bond acceptors (Lipinski definition) is 5. The smallest absolute Gasteiger partial charge is 0.185 e. The zero-order chi connectivity index (χ0) is 19.9. The first-order valence-corrected chi connectivity index (χ1v) is 10.3. The first-order chi connectivity index (χ1) is 13.4. The van der Waals surface area contributed by atoms with Crippen molar-refractivity contribution in [3.05, 3.63) is 60.0 Å². The number of nitrogens with zero attached hydrogens (tertiary/aromatic N) is 2. The van der Waals surface area contributed by atoms with Crippen molar-refractivity contribution in [2.75, 3.05) is 16.6 Å². The lowest BCUT2D eigenvalue weighted by atomic mass is 9.85. The molecule has 1 saturated heterocycles. The number of pyridine rings is 1. The number of fused-ring (bicyclic) bond motifs is 1. The topological polar surface area (TPSA) is 66.1 Å². The van der Waals surface area contributed by atoms with Crippen molar-refractivity contribution >= 4 is 40.1 Å². The van der Waals surface area contributed by atoms with Gasteiger partial charge in [-0.25, -0.2) is 0 Å². The van der Waals surface area contributed by atoms with Crippen LogP contribution in [0.2, 0.25) is 0 Å². The maximum Gasteiger partial charge on any atom is 0.185 e. The normalized spacial score (nSPS) is 17.2. The Morgan fingerprint density at radius 2 is 1.96 bits per heavy atom. The van der Waals surface area contributed by atoms with Gasteiger partial charge in [0, 0.05) is 34.8 Å². The van der Waals surface area contributed by atoms with Gasteiger partial charge in [0.15, 0.2) is 11.6 Å². The molecule has 0 amide bonds. The number of ketones is 2. The molecule has 5 nitrogen and oxygen atoms in total. The predicted octanol–water partition coefficient (Wildman–Crippen LogP) is 4.76. The summed E-state index contributed by atoms with van der Waals surface area (Å²) >= 11 is 1.63. The average molecular weight is 394 g/mol. The molecule has 1 unspecified atom stereocenters. The fourth-order valence-corrected chi connectivity index (χ4v) is 4.63. The van der Waals surface area contributed by atoms with E-state index in [2.05, 4.69) is 14.3 Å². The highest BCUT2D eigenvalue weighted by molar-refractivity contribution is 8.00. The lowest BCUT2D eigenvalue weighted by Crippen LogP contribution is -2.26. The summed E-state index contributed by atoms with van der Waals surface area (Å²) in [4.78, 5) is 34.0. The number of Topliss-reactive ketones (excluding diaryl/α,β-unsaturated/α-hetero) is 2. The van der Waals surface area contributed by atoms with Gasteiger partial charge < -0.3 is 9.29 Å². The van der Waals surface area contributed by atoms with Crippen molar-refractivity contribution < 1.29 is 9.59 Å². The van der Waals surface area contributed by atoms with E-state index in [0.29, 0.717) is 23.6 Å². The standard InChI is InChI=1S/C22H23N3O2S/c1-22(2,3)21(27)19-18(16-8-4-5-9-17(16)24-19)20(26)14-12-25(28-13-14)15-7-6-10-23-11-15/h4-11,14,24H,12-13H2,1-3H3. The van der Waals surface area contributed by atoms with Crippen molar-refractivity contribution in [1.82, 2.24) is 9.97 Å². The molecule has 2 aromatic heterocycles. The molecule has 1 fully saturated rings. The van der Waals surface area contributed by atoms with E-state index in [1.54, 1.807) is 24.3 Å². The third kappa shape index (κ3) is 3.33. The average Bonchev–Trinajstić information content (AvgIpc) is 3.32. The number of aromatic nitrogens is 2. The van der Waals surface area contributed by atoms with Crippen LogP contribution in [0.25, 0.3) is 10.9 Å². The molecule has 6 heteroatoms. The molecule has 1 atom stereocenters. The van der Waals surface area contributed by atoms with Crippen molar-refractivity contribution in [1.29, 1.82) is 0 Å². The second-order valence-electron chi connectivity index (χ2n) is 8.13. The highest BCUT2D eigenvalue weighted by atomic mass is 32.2. The Morgan fingerprint density at radius 1 is 1.18 bits per heavy atom. The molecular formula is C22H23N3O2S. The minimum Gasteiger partial charge on any atom is -0.351 e. The molecule has 1 aromatic carbocycles.